The summed E-state index contributed by atoms with van der Waals surface area (Å²) in [5, 5.41) is 2.83. The predicted molar refractivity (Wildman–Crippen MR) is 71.5 cm³/mol. The smallest absolute Gasteiger partial charge is 0.252 e. The summed E-state index contributed by atoms with van der Waals surface area (Å²) in [6, 6.07) is 9.42. The molecule has 1 amide bonds. The molecule has 1 aliphatic heterocycles. The molecule has 96 valence electrons. The lowest BCUT2D eigenvalue weighted by Gasteiger charge is -2.26. The van der Waals surface area contributed by atoms with Crippen LogP contribution in [0, 0.1) is 0 Å². The van der Waals surface area contributed by atoms with Gasteiger partial charge in [-0.3, -0.25) is 9.69 Å². The number of nitrogens with zero attached hydrogens (tertiary/aromatic N) is 1. The monoisotopic (exact) mass is 246 g/mol. The van der Waals surface area contributed by atoms with Gasteiger partial charge in [0.15, 0.2) is 0 Å². The highest BCUT2D eigenvalue weighted by Gasteiger charge is 2.15. The molecule has 1 aromatic carbocycles. The summed E-state index contributed by atoms with van der Waals surface area (Å²) >= 11 is 0. The molecule has 1 fully saturated rings. The molecule has 4 nitrogen and oxygen atoms in total. The van der Waals surface area contributed by atoms with Crippen LogP contribution in [0.5, 0.6) is 0 Å². The summed E-state index contributed by atoms with van der Waals surface area (Å²) in [6.45, 7) is 7.63. The summed E-state index contributed by atoms with van der Waals surface area (Å²) in [5.74, 6) is -0.118. The number of para-hydroxylation sites is 1. The molecule has 1 saturated heterocycles. The van der Waals surface area contributed by atoms with Crippen molar-refractivity contribution in [3.05, 3.63) is 42.5 Å². The van der Waals surface area contributed by atoms with Crippen molar-refractivity contribution in [3.63, 3.8) is 0 Å². The zero-order chi connectivity index (χ0) is 12.8. The Kier molecular flexibility index (Phi) is 4.50. The number of morpholine rings is 1. The number of carbonyl (C=O) groups is 1. The molecule has 0 saturated carbocycles. The molecule has 1 heterocycles. The highest BCUT2D eigenvalue weighted by atomic mass is 16.5. The highest BCUT2D eigenvalue weighted by Crippen LogP contribution is 2.08. The molecule has 0 bridgehead atoms. The van der Waals surface area contributed by atoms with Crippen LogP contribution in [0.1, 0.15) is 0 Å². The average molecular weight is 246 g/mol. The first-order chi connectivity index (χ1) is 8.75. The van der Waals surface area contributed by atoms with Crippen molar-refractivity contribution >= 4 is 11.6 Å². The standard InChI is InChI=1S/C14H18N2O2/c1-12(11-16-7-9-18-10-8-16)14(17)15-13-5-3-2-4-6-13/h2-6H,1,7-11H2,(H,15,17). The van der Waals surface area contributed by atoms with Crippen LogP contribution in [0.3, 0.4) is 0 Å². The van der Waals surface area contributed by atoms with Crippen molar-refractivity contribution in [2.24, 2.45) is 0 Å². The number of ether oxygens (including phenoxy) is 1. The van der Waals surface area contributed by atoms with Crippen LogP contribution in [0.15, 0.2) is 42.5 Å². The molecule has 1 aromatic rings. The number of hydrogen-bond donors (Lipinski definition) is 1. The molecule has 18 heavy (non-hydrogen) atoms. The Bertz CT molecular complexity index is 411. The minimum atomic E-state index is -0.118. The van der Waals surface area contributed by atoms with Crippen LogP contribution < -0.4 is 5.32 Å². The fraction of sp³-hybridized carbons (Fsp3) is 0.357. The second kappa shape index (κ2) is 6.33. The average Bonchev–Trinajstić information content (AvgIpc) is 2.41. The quantitative estimate of drug-likeness (QED) is 0.819. The van der Waals surface area contributed by atoms with E-state index in [0.717, 1.165) is 32.0 Å². The molecule has 1 aliphatic rings. The van der Waals surface area contributed by atoms with Gasteiger partial charge in [-0.1, -0.05) is 24.8 Å². The van der Waals surface area contributed by atoms with Crippen LogP contribution in [0.2, 0.25) is 0 Å². The van der Waals surface area contributed by atoms with Crippen LogP contribution >= 0.6 is 0 Å². The number of anilines is 1. The van der Waals surface area contributed by atoms with E-state index in [0.29, 0.717) is 12.1 Å². The third-order valence-corrected chi connectivity index (χ3v) is 2.87. The number of carbonyl (C=O) groups excluding carboxylic acids is 1. The largest absolute Gasteiger partial charge is 0.379 e. The Morgan fingerprint density at radius 2 is 1.94 bits per heavy atom. The molecule has 0 atom stereocenters. The van der Waals surface area contributed by atoms with E-state index in [2.05, 4.69) is 16.8 Å². The number of amides is 1. The maximum atomic E-state index is 11.9. The summed E-state index contributed by atoms with van der Waals surface area (Å²) < 4.78 is 5.27. The van der Waals surface area contributed by atoms with Gasteiger partial charge in [0, 0.05) is 30.9 Å². The summed E-state index contributed by atoms with van der Waals surface area (Å²) in [7, 11) is 0. The minimum absolute atomic E-state index is 0.118. The fourth-order valence-electron chi connectivity index (χ4n) is 1.84. The summed E-state index contributed by atoms with van der Waals surface area (Å²) in [6.07, 6.45) is 0. The van der Waals surface area contributed by atoms with Crippen molar-refractivity contribution in [3.8, 4) is 0 Å². The van der Waals surface area contributed by atoms with Crippen molar-refractivity contribution in [2.75, 3.05) is 38.2 Å². The first-order valence-electron chi connectivity index (χ1n) is 6.10. The van der Waals surface area contributed by atoms with Crippen LogP contribution in [0.25, 0.3) is 0 Å². The van der Waals surface area contributed by atoms with E-state index >= 15 is 0 Å². The van der Waals surface area contributed by atoms with E-state index in [1.165, 1.54) is 0 Å². The number of hydrogen-bond acceptors (Lipinski definition) is 3. The SMILES string of the molecule is C=C(CN1CCOCC1)C(=O)Nc1ccccc1. The lowest BCUT2D eigenvalue weighted by molar-refractivity contribution is -0.113. The Morgan fingerprint density at radius 3 is 2.61 bits per heavy atom. The second-order valence-electron chi connectivity index (χ2n) is 4.31. The Balaban J connectivity index is 1.83. The second-order valence-corrected chi connectivity index (χ2v) is 4.31. The van der Waals surface area contributed by atoms with E-state index in [1.807, 2.05) is 30.3 Å². The number of rotatable bonds is 4. The highest BCUT2D eigenvalue weighted by molar-refractivity contribution is 6.03. The lowest BCUT2D eigenvalue weighted by atomic mass is 10.2. The first-order valence-corrected chi connectivity index (χ1v) is 6.10. The topological polar surface area (TPSA) is 41.6 Å². The van der Waals surface area contributed by atoms with Crippen LogP contribution in [-0.4, -0.2) is 43.7 Å². The van der Waals surface area contributed by atoms with Gasteiger partial charge in [-0.05, 0) is 12.1 Å². The molecular formula is C14H18N2O2. The third kappa shape index (κ3) is 3.68. The van der Waals surface area contributed by atoms with Crippen molar-refractivity contribution in [1.29, 1.82) is 0 Å². The first kappa shape index (κ1) is 12.8. The van der Waals surface area contributed by atoms with Gasteiger partial charge in [-0.25, -0.2) is 0 Å². The molecule has 0 spiro atoms. The van der Waals surface area contributed by atoms with E-state index in [9.17, 15) is 4.79 Å². The van der Waals surface area contributed by atoms with Crippen LogP contribution in [-0.2, 0) is 9.53 Å². The van der Waals surface area contributed by atoms with E-state index in [4.69, 9.17) is 4.74 Å². The number of benzene rings is 1. The zero-order valence-electron chi connectivity index (χ0n) is 10.4. The molecule has 0 aromatic heterocycles. The zero-order valence-corrected chi connectivity index (χ0v) is 10.4. The minimum Gasteiger partial charge on any atom is -0.379 e. The molecule has 0 unspecified atom stereocenters. The van der Waals surface area contributed by atoms with Crippen molar-refractivity contribution in [1.82, 2.24) is 4.90 Å². The fourth-order valence-corrected chi connectivity index (χ4v) is 1.84. The Morgan fingerprint density at radius 1 is 1.28 bits per heavy atom. The van der Waals surface area contributed by atoms with Gasteiger partial charge in [0.25, 0.3) is 5.91 Å². The predicted octanol–water partition coefficient (Wildman–Crippen LogP) is 1.51. The Hall–Kier alpha value is -1.65. The molecule has 4 heteroatoms. The summed E-state index contributed by atoms with van der Waals surface area (Å²) in [5.41, 5.74) is 1.38. The van der Waals surface area contributed by atoms with E-state index in [-0.39, 0.29) is 5.91 Å². The molecule has 1 N–H and O–H groups in total. The van der Waals surface area contributed by atoms with E-state index in [1.54, 1.807) is 0 Å². The molecule has 2 rings (SSSR count). The maximum absolute atomic E-state index is 11.9. The maximum Gasteiger partial charge on any atom is 0.252 e. The van der Waals surface area contributed by atoms with Gasteiger partial charge in [-0.15, -0.1) is 0 Å². The normalized spacial score (nSPS) is 16.2. The lowest BCUT2D eigenvalue weighted by Crippen LogP contribution is -2.38. The third-order valence-electron chi connectivity index (χ3n) is 2.87. The van der Waals surface area contributed by atoms with E-state index < -0.39 is 0 Å². The molecular weight excluding hydrogens is 228 g/mol. The van der Waals surface area contributed by atoms with Crippen molar-refractivity contribution < 1.29 is 9.53 Å². The van der Waals surface area contributed by atoms with Gasteiger partial charge in [-0.2, -0.15) is 0 Å². The van der Waals surface area contributed by atoms with Gasteiger partial charge in [0.05, 0.1) is 13.2 Å². The molecule has 0 aliphatic carbocycles. The van der Waals surface area contributed by atoms with Gasteiger partial charge < -0.3 is 10.1 Å². The van der Waals surface area contributed by atoms with Gasteiger partial charge in [0.2, 0.25) is 0 Å². The summed E-state index contributed by atoms with van der Waals surface area (Å²) in [4.78, 5) is 14.1. The Labute approximate surface area is 107 Å². The van der Waals surface area contributed by atoms with Gasteiger partial charge in [0.1, 0.15) is 0 Å². The van der Waals surface area contributed by atoms with Gasteiger partial charge >= 0.3 is 0 Å². The number of nitrogens with one attached hydrogen (secondary N) is 1. The molecule has 0 radical (unpaired) electrons. The van der Waals surface area contributed by atoms with Crippen molar-refractivity contribution in [2.45, 2.75) is 0 Å². The van der Waals surface area contributed by atoms with Crippen LogP contribution in [0.4, 0.5) is 5.69 Å².